The molecule has 2 aromatic carbocycles. The Morgan fingerprint density at radius 3 is 2.45 bits per heavy atom. The Morgan fingerprint density at radius 2 is 1.71 bits per heavy atom. The van der Waals surface area contributed by atoms with Crippen molar-refractivity contribution in [3.63, 3.8) is 0 Å². The van der Waals surface area contributed by atoms with Crippen molar-refractivity contribution in [2.45, 2.75) is 31.3 Å². The summed E-state index contributed by atoms with van der Waals surface area (Å²) in [6.07, 6.45) is 1.71. The predicted octanol–water partition coefficient (Wildman–Crippen LogP) is 3.19. The van der Waals surface area contributed by atoms with Crippen molar-refractivity contribution in [3.05, 3.63) is 59.1 Å². The zero-order valence-electron chi connectivity index (χ0n) is 17.1. The molecule has 2 aromatic rings. The number of carbonyl (C=O) groups excluding carboxylic acids is 3. The van der Waals surface area contributed by atoms with E-state index in [1.165, 1.54) is 4.90 Å². The van der Waals surface area contributed by atoms with Crippen molar-refractivity contribution in [1.82, 2.24) is 4.90 Å². The summed E-state index contributed by atoms with van der Waals surface area (Å²) in [4.78, 5) is 46.8. The van der Waals surface area contributed by atoms with Gasteiger partial charge in [-0.25, -0.2) is 4.90 Å². The number of rotatable bonds is 2. The van der Waals surface area contributed by atoms with Crippen molar-refractivity contribution >= 4 is 40.7 Å². The van der Waals surface area contributed by atoms with Gasteiger partial charge < -0.3 is 4.90 Å². The molecule has 0 aliphatic carbocycles. The summed E-state index contributed by atoms with van der Waals surface area (Å²) >= 11 is 6.38. The van der Waals surface area contributed by atoms with Crippen LogP contribution in [-0.4, -0.2) is 41.8 Å². The first kappa shape index (κ1) is 19.0. The molecule has 6 rings (SSSR count). The van der Waals surface area contributed by atoms with Crippen LogP contribution in [0.3, 0.4) is 0 Å². The fourth-order valence-corrected chi connectivity index (χ4v) is 6.75. The lowest BCUT2D eigenvalue weighted by molar-refractivity contribution is -0.137. The average molecular weight is 436 g/mol. The van der Waals surface area contributed by atoms with Crippen LogP contribution in [0.1, 0.15) is 25.3 Å². The molecule has 0 radical (unpaired) electrons. The van der Waals surface area contributed by atoms with Crippen molar-refractivity contribution < 1.29 is 14.4 Å². The third-order valence-electron chi connectivity index (χ3n) is 7.55. The first-order chi connectivity index (χ1) is 15.0. The standard InChI is InChI=1S/C24H22ClN3O3/c1-2-26-16-10-5-3-8-14(16)24(23(26)31)20-19(18-12-7-13-27(18)24)21(29)28(22(20)30)17-11-6-4-9-15(17)25/h3-6,8-11,18-20H,2,7,12-13H2,1H3/t18-,19+,20-,24-/m0/s1. The van der Waals surface area contributed by atoms with Crippen LogP contribution in [0.15, 0.2) is 48.5 Å². The van der Waals surface area contributed by atoms with E-state index in [4.69, 9.17) is 11.6 Å². The summed E-state index contributed by atoms with van der Waals surface area (Å²) in [5.41, 5.74) is 0.974. The first-order valence-corrected chi connectivity index (χ1v) is 11.2. The van der Waals surface area contributed by atoms with E-state index < -0.39 is 17.4 Å². The summed E-state index contributed by atoms with van der Waals surface area (Å²) in [6, 6.07) is 14.5. The molecule has 0 bridgehead atoms. The van der Waals surface area contributed by atoms with E-state index in [0.29, 0.717) is 23.8 Å². The maximum Gasteiger partial charge on any atom is 0.253 e. The molecule has 0 unspecified atom stereocenters. The molecule has 7 heteroatoms. The van der Waals surface area contributed by atoms with Crippen molar-refractivity contribution in [2.24, 2.45) is 11.8 Å². The lowest BCUT2D eigenvalue weighted by Crippen LogP contribution is -2.56. The highest BCUT2D eigenvalue weighted by molar-refractivity contribution is 6.36. The quantitative estimate of drug-likeness (QED) is 0.680. The van der Waals surface area contributed by atoms with E-state index in [1.807, 2.05) is 31.2 Å². The number of fused-ring (bicyclic) bond motifs is 7. The van der Waals surface area contributed by atoms with E-state index in [2.05, 4.69) is 4.90 Å². The van der Waals surface area contributed by atoms with Crippen LogP contribution in [0.2, 0.25) is 5.02 Å². The van der Waals surface area contributed by atoms with Crippen LogP contribution >= 0.6 is 11.6 Å². The fraction of sp³-hybridized carbons (Fsp3) is 0.375. The molecule has 0 saturated carbocycles. The van der Waals surface area contributed by atoms with Crippen LogP contribution in [0.5, 0.6) is 0 Å². The topological polar surface area (TPSA) is 60.9 Å². The van der Waals surface area contributed by atoms with E-state index in [9.17, 15) is 14.4 Å². The van der Waals surface area contributed by atoms with Crippen molar-refractivity contribution in [2.75, 3.05) is 22.9 Å². The lowest BCUT2D eigenvalue weighted by Gasteiger charge is -2.37. The molecule has 3 saturated heterocycles. The molecule has 158 valence electrons. The second-order valence-corrected chi connectivity index (χ2v) is 9.11. The Hall–Kier alpha value is -2.70. The molecule has 3 fully saturated rings. The smallest absolute Gasteiger partial charge is 0.253 e. The van der Waals surface area contributed by atoms with Crippen LogP contribution in [0.4, 0.5) is 11.4 Å². The molecule has 0 N–H and O–H groups in total. The number of nitrogens with zero attached hydrogens (tertiary/aromatic N) is 3. The maximum atomic E-state index is 14.0. The molecule has 4 aliphatic rings. The van der Waals surface area contributed by atoms with Crippen LogP contribution in [0.25, 0.3) is 0 Å². The van der Waals surface area contributed by atoms with Crippen LogP contribution in [0, 0.1) is 11.8 Å². The number of benzene rings is 2. The number of amides is 3. The molecular formula is C24H22ClN3O3. The number of hydrogen-bond acceptors (Lipinski definition) is 4. The van der Waals surface area contributed by atoms with Crippen molar-refractivity contribution in [1.29, 1.82) is 0 Å². The number of halogens is 1. The van der Waals surface area contributed by atoms with Gasteiger partial charge in [0.1, 0.15) is 5.54 Å². The van der Waals surface area contributed by atoms with Gasteiger partial charge in [-0.3, -0.25) is 19.3 Å². The van der Waals surface area contributed by atoms with Gasteiger partial charge in [0.2, 0.25) is 11.8 Å². The Balaban J connectivity index is 1.59. The molecule has 31 heavy (non-hydrogen) atoms. The van der Waals surface area contributed by atoms with Gasteiger partial charge in [-0.1, -0.05) is 41.9 Å². The van der Waals surface area contributed by atoms with E-state index >= 15 is 0 Å². The largest absolute Gasteiger partial charge is 0.310 e. The molecule has 4 heterocycles. The molecule has 6 nitrogen and oxygen atoms in total. The average Bonchev–Trinajstić information content (AvgIpc) is 3.47. The summed E-state index contributed by atoms with van der Waals surface area (Å²) < 4.78 is 0. The maximum absolute atomic E-state index is 14.0. The summed E-state index contributed by atoms with van der Waals surface area (Å²) in [7, 11) is 0. The highest BCUT2D eigenvalue weighted by Crippen LogP contribution is 2.62. The third-order valence-corrected chi connectivity index (χ3v) is 7.87. The molecule has 3 amide bonds. The van der Waals surface area contributed by atoms with Crippen LogP contribution in [-0.2, 0) is 19.9 Å². The fourth-order valence-electron chi connectivity index (χ4n) is 6.52. The number of carbonyl (C=O) groups is 3. The Labute approximate surface area is 185 Å². The Bertz CT molecular complexity index is 1150. The molecule has 4 aliphatic heterocycles. The minimum atomic E-state index is -1.12. The van der Waals surface area contributed by atoms with Gasteiger partial charge in [-0.2, -0.15) is 0 Å². The highest BCUT2D eigenvalue weighted by atomic mass is 35.5. The van der Waals surface area contributed by atoms with Gasteiger partial charge in [0.25, 0.3) is 5.91 Å². The SMILES string of the molecule is CCN1C(=O)[C@]2(c3ccccc31)[C@@H]1C(=O)N(c3ccccc3Cl)C(=O)[C@@H]1[C@@H]1CCCN12. The number of anilines is 2. The predicted molar refractivity (Wildman–Crippen MR) is 117 cm³/mol. The number of likely N-dealkylation sites (N-methyl/N-ethyl adjacent to an activating group) is 1. The minimum Gasteiger partial charge on any atom is -0.310 e. The Kier molecular flexibility index (Phi) is 3.93. The number of hydrogen-bond donors (Lipinski definition) is 0. The Morgan fingerprint density at radius 1 is 1.00 bits per heavy atom. The molecule has 4 atom stereocenters. The van der Waals surface area contributed by atoms with Gasteiger partial charge in [-0.15, -0.1) is 0 Å². The molecule has 0 aromatic heterocycles. The monoisotopic (exact) mass is 435 g/mol. The summed E-state index contributed by atoms with van der Waals surface area (Å²) in [5.74, 6) is -1.93. The van der Waals surface area contributed by atoms with E-state index in [0.717, 1.165) is 24.1 Å². The number of imide groups is 1. The van der Waals surface area contributed by atoms with E-state index in [-0.39, 0.29) is 23.8 Å². The zero-order chi connectivity index (χ0) is 21.5. The minimum absolute atomic E-state index is 0.0854. The van der Waals surface area contributed by atoms with Gasteiger partial charge in [0.15, 0.2) is 0 Å². The van der Waals surface area contributed by atoms with Crippen molar-refractivity contribution in [3.8, 4) is 0 Å². The second-order valence-electron chi connectivity index (χ2n) is 8.70. The highest BCUT2D eigenvalue weighted by Gasteiger charge is 2.75. The van der Waals surface area contributed by atoms with E-state index in [1.54, 1.807) is 29.2 Å². The molecular weight excluding hydrogens is 414 g/mol. The van der Waals surface area contributed by atoms with Gasteiger partial charge in [0.05, 0.1) is 22.5 Å². The van der Waals surface area contributed by atoms with Gasteiger partial charge >= 0.3 is 0 Å². The van der Waals surface area contributed by atoms with Gasteiger partial charge in [0, 0.05) is 23.8 Å². The first-order valence-electron chi connectivity index (χ1n) is 10.8. The molecule has 1 spiro atoms. The third kappa shape index (κ3) is 2.10. The lowest BCUT2D eigenvalue weighted by atomic mass is 9.75. The van der Waals surface area contributed by atoms with Crippen LogP contribution < -0.4 is 9.80 Å². The number of para-hydroxylation sites is 2. The van der Waals surface area contributed by atoms with Gasteiger partial charge in [-0.05, 0) is 44.5 Å². The normalized spacial score (nSPS) is 31.7. The summed E-state index contributed by atoms with van der Waals surface area (Å²) in [5, 5.41) is 0.356. The zero-order valence-corrected chi connectivity index (χ0v) is 17.9. The summed E-state index contributed by atoms with van der Waals surface area (Å²) in [6.45, 7) is 3.17. The second kappa shape index (κ2) is 6.40.